The molecule has 3 heteroatoms. The third-order valence-corrected chi connectivity index (χ3v) is 4.75. The smallest absolute Gasteiger partial charge is 0.220 e. The van der Waals surface area contributed by atoms with E-state index < -0.39 is 0 Å². The van der Waals surface area contributed by atoms with E-state index in [9.17, 15) is 9.90 Å². The fourth-order valence-electron chi connectivity index (χ4n) is 3.05. The molecule has 0 aliphatic heterocycles. The number of hydrogen-bond acceptors (Lipinski definition) is 2. The lowest BCUT2D eigenvalue weighted by Gasteiger charge is -2.49. The van der Waals surface area contributed by atoms with Gasteiger partial charge in [-0.25, -0.2) is 0 Å². The molecule has 1 amide bonds. The van der Waals surface area contributed by atoms with E-state index in [1.54, 1.807) is 0 Å². The molecule has 0 aromatic rings. The van der Waals surface area contributed by atoms with Crippen molar-refractivity contribution in [3.63, 3.8) is 0 Å². The second-order valence-corrected chi connectivity index (χ2v) is 6.40. The zero-order valence-corrected chi connectivity index (χ0v) is 11.0. The molecule has 17 heavy (non-hydrogen) atoms. The van der Waals surface area contributed by atoms with E-state index in [2.05, 4.69) is 5.32 Å². The molecule has 0 aromatic carbocycles. The minimum Gasteiger partial charge on any atom is -0.392 e. The van der Waals surface area contributed by atoms with Crippen LogP contribution in [0.2, 0.25) is 0 Å². The molecule has 0 saturated heterocycles. The second-order valence-electron chi connectivity index (χ2n) is 6.40. The van der Waals surface area contributed by atoms with E-state index in [0.29, 0.717) is 18.8 Å². The molecule has 2 aliphatic rings. The highest BCUT2D eigenvalue weighted by molar-refractivity contribution is 5.76. The summed E-state index contributed by atoms with van der Waals surface area (Å²) in [7, 11) is 0. The summed E-state index contributed by atoms with van der Waals surface area (Å²) >= 11 is 0. The first-order valence-electron chi connectivity index (χ1n) is 6.97. The molecule has 2 rings (SSSR count). The average Bonchev–Trinajstić information content (AvgIpc) is 2.30. The molecular weight excluding hydrogens is 214 g/mol. The van der Waals surface area contributed by atoms with E-state index in [1.807, 2.05) is 13.8 Å². The van der Waals surface area contributed by atoms with Gasteiger partial charge in [0.1, 0.15) is 0 Å². The summed E-state index contributed by atoms with van der Waals surface area (Å²) in [6, 6.07) is 0.161. The third kappa shape index (κ3) is 2.82. The minimum absolute atomic E-state index is 0.151. The molecule has 2 N–H and O–H groups in total. The molecule has 2 atom stereocenters. The lowest BCUT2D eigenvalue weighted by atomic mass is 9.64. The Kier molecular flexibility index (Phi) is 3.76. The van der Waals surface area contributed by atoms with Crippen LogP contribution in [-0.2, 0) is 4.79 Å². The molecule has 2 aliphatic carbocycles. The van der Waals surface area contributed by atoms with Crippen LogP contribution in [0.25, 0.3) is 0 Å². The number of carbonyl (C=O) groups excluding carboxylic acids is 1. The van der Waals surface area contributed by atoms with Crippen molar-refractivity contribution in [3.05, 3.63) is 0 Å². The van der Waals surface area contributed by atoms with Crippen LogP contribution in [0.5, 0.6) is 0 Å². The standard InChI is InChI=1S/C14H25NO2/c1-14(2)11(9-12(14)16)15-13(17)8-10-6-4-3-5-7-10/h10-12,16H,3-9H2,1-2H3,(H,15,17). The van der Waals surface area contributed by atoms with Crippen LogP contribution in [-0.4, -0.2) is 23.2 Å². The highest BCUT2D eigenvalue weighted by Gasteiger charge is 2.47. The number of rotatable bonds is 3. The maximum atomic E-state index is 11.9. The average molecular weight is 239 g/mol. The highest BCUT2D eigenvalue weighted by Crippen LogP contribution is 2.40. The Morgan fingerprint density at radius 3 is 2.47 bits per heavy atom. The van der Waals surface area contributed by atoms with Gasteiger partial charge in [-0.2, -0.15) is 0 Å². The van der Waals surface area contributed by atoms with Crippen molar-refractivity contribution in [3.8, 4) is 0 Å². The first-order valence-corrected chi connectivity index (χ1v) is 6.97. The monoisotopic (exact) mass is 239 g/mol. The van der Waals surface area contributed by atoms with Crippen molar-refractivity contribution in [1.82, 2.24) is 5.32 Å². The topological polar surface area (TPSA) is 49.3 Å². The maximum absolute atomic E-state index is 11.9. The number of aliphatic hydroxyl groups excluding tert-OH is 1. The van der Waals surface area contributed by atoms with Crippen LogP contribution < -0.4 is 5.32 Å². The Bertz CT molecular complexity index is 282. The first kappa shape index (κ1) is 12.9. The van der Waals surface area contributed by atoms with E-state index in [1.165, 1.54) is 32.1 Å². The van der Waals surface area contributed by atoms with Gasteiger partial charge in [0.15, 0.2) is 0 Å². The second kappa shape index (κ2) is 4.97. The largest absolute Gasteiger partial charge is 0.392 e. The molecule has 0 radical (unpaired) electrons. The van der Waals surface area contributed by atoms with Gasteiger partial charge in [-0.15, -0.1) is 0 Å². The summed E-state index contributed by atoms with van der Waals surface area (Å²) in [5.74, 6) is 0.777. The Balaban J connectivity index is 1.74. The fraction of sp³-hybridized carbons (Fsp3) is 0.929. The van der Waals surface area contributed by atoms with Gasteiger partial charge in [-0.05, 0) is 25.2 Å². The van der Waals surface area contributed by atoms with Crippen LogP contribution in [0.1, 0.15) is 58.8 Å². The van der Waals surface area contributed by atoms with Gasteiger partial charge in [0.05, 0.1) is 6.10 Å². The predicted octanol–water partition coefficient (Wildman–Crippen LogP) is 2.23. The van der Waals surface area contributed by atoms with Crippen LogP contribution in [0.15, 0.2) is 0 Å². The zero-order chi connectivity index (χ0) is 12.5. The van der Waals surface area contributed by atoms with Gasteiger partial charge in [-0.1, -0.05) is 33.1 Å². The van der Waals surface area contributed by atoms with Gasteiger partial charge >= 0.3 is 0 Å². The molecule has 2 fully saturated rings. The van der Waals surface area contributed by atoms with E-state index >= 15 is 0 Å². The summed E-state index contributed by atoms with van der Waals surface area (Å²) in [6.07, 6.45) is 7.46. The number of hydrogen-bond donors (Lipinski definition) is 2. The molecule has 2 saturated carbocycles. The van der Waals surface area contributed by atoms with Crippen molar-refractivity contribution < 1.29 is 9.90 Å². The number of nitrogens with one attached hydrogen (secondary N) is 1. The lowest BCUT2D eigenvalue weighted by molar-refractivity contribution is -0.130. The Labute approximate surface area is 104 Å². The number of amides is 1. The normalized spacial score (nSPS) is 32.9. The molecule has 0 heterocycles. The number of aliphatic hydroxyl groups is 1. The molecule has 0 spiro atoms. The van der Waals surface area contributed by atoms with Gasteiger partial charge < -0.3 is 10.4 Å². The molecular formula is C14H25NO2. The SMILES string of the molecule is CC1(C)C(O)CC1NC(=O)CC1CCCCC1. The van der Waals surface area contributed by atoms with E-state index in [4.69, 9.17) is 0 Å². The van der Waals surface area contributed by atoms with Crippen LogP contribution in [0.4, 0.5) is 0 Å². The molecule has 0 aromatic heterocycles. The summed E-state index contributed by atoms with van der Waals surface area (Å²) in [6.45, 7) is 4.04. The maximum Gasteiger partial charge on any atom is 0.220 e. The lowest BCUT2D eigenvalue weighted by Crippen LogP contribution is -2.61. The Morgan fingerprint density at radius 2 is 1.94 bits per heavy atom. The summed E-state index contributed by atoms with van der Waals surface area (Å²) in [5.41, 5.74) is -0.151. The van der Waals surface area contributed by atoms with Crippen LogP contribution >= 0.6 is 0 Å². The van der Waals surface area contributed by atoms with Crippen molar-refractivity contribution in [1.29, 1.82) is 0 Å². The van der Waals surface area contributed by atoms with Crippen LogP contribution in [0, 0.1) is 11.3 Å². The van der Waals surface area contributed by atoms with Gasteiger partial charge in [0.25, 0.3) is 0 Å². The molecule has 98 valence electrons. The fourth-order valence-corrected chi connectivity index (χ4v) is 3.05. The highest BCUT2D eigenvalue weighted by atomic mass is 16.3. The minimum atomic E-state index is -0.262. The van der Waals surface area contributed by atoms with Gasteiger partial charge in [-0.3, -0.25) is 4.79 Å². The predicted molar refractivity (Wildman–Crippen MR) is 67.5 cm³/mol. The first-order chi connectivity index (χ1) is 8.00. The Morgan fingerprint density at radius 1 is 1.29 bits per heavy atom. The van der Waals surface area contributed by atoms with Crippen molar-refractivity contribution in [2.24, 2.45) is 11.3 Å². The number of carbonyl (C=O) groups is 1. The van der Waals surface area contributed by atoms with Crippen molar-refractivity contribution in [2.75, 3.05) is 0 Å². The quantitative estimate of drug-likeness (QED) is 0.793. The Hall–Kier alpha value is -0.570. The molecule has 0 bridgehead atoms. The van der Waals surface area contributed by atoms with Crippen molar-refractivity contribution >= 4 is 5.91 Å². The van der Waals surface area contributed by atoms with Gasteiger partial charge in [0, 0.05) is 17.9 Å². The van der Waals surface area contributed by atoms with Crippen LogP contribution in [0.3, 0.4) is 0 Å². The summed E-state index contributed by atoms with van der Waals surface area (Å²) < 4.78 is 0. The molecule has 2 unspecified atom stereocenters. The summed E-state index contributed by atoms with van der Waals surface area (Å²) in [4.78, 5) is 11.9. The molecule has 3 nitrogen and oxygen atoms in total. The van der Waals surface area contributed by atoms with Crippen molar-refractivity contribution in [2.45, 2.75) is 70.9 Å². The third-order valence-electron chi connectivity index (χ3n) is 4.75. The zero-order valence-electron chi connectivity index (χ0n) is 11.0. The van der Waals surface area contributed by atoms with Gasteiger partial charge in [0.2, 0.25) is 5.91 Å². The summed E-state index contributed by atoms with van der Waals surface area (Å²) in [5, 5.41) is 12.7. The van der Waals surface area contributed by atoms with E-state index in [0.717, 1.165) is 0 Å². The van der Waals surface area contributed by atoms with E-state index in [-0.39, 0.29) is 23.5 Å².